The maximum atomic E-state index is 12.2. The first-order chi connectivity index (χ1) is 10.3. The number of carbonyl (C=O) groups excluding carboxylic acids is 1. The van der Waals surface area contributed by atoms with Crippen molar-refractivity contribution < 1.29 is 24.6 Å². The van der Waals surface area contributed by atoms with Crippen LogP contribution in [0.3, 0.4) is 0 Å². The molecule has 1 amide bonds. The van der Waals surface area contributed by atoms with Crippen LogP contribution >= 0.6 is 24.0 Å². The van der Waals surface area contributed by atoms with Crippen LogP contribution in [0.4, 0.5) is 0 Å². The maximum Gasteiger partial charge on any atom is 0.335 e. The summed E-state index contributed by atoms with van der Waals surface area (Å²) < 4.78 is 0.188. The minimum absolute atomic E-state index is 0.143. The van der Waals surface area contributed by atoms with Crippen LogP contribution in [0.5, 0.6) is 0 Å². The van der Waals surface area contributed by atoms with Crippen LogP contribution in [0.1, 0.15) is 22.8 Å². The van der Waals surface area contributed by atoms with Crippen molar-refractivity contribution in [1.82, 2.24) is 4.90 Å². The van der Waals surface area contributed by atoms with Crippen molar-refractivity contribution in [3.8, 4) is 0 Å². The topological polar surface area (TPSA) is 94.9 Å². The number of thiocarbonyl (C=S) groups is 1. The van der Waals surface area contributed by atoms with Crippen molar-refractivity contribution in [2.45, 2.75) is 13.0 Å². The zero-order valence-corrected chi connectivity index (χ0v) is 13.0. The predicted octanol–water partition coefficient (Wildman–Crippen LogP) is 2.06. The molecule has 1 aromatic rings. The van der Waals surface area contributed by atoms with Gasteiger partial charge in [-0.1, -0.05) is 36.1 Å². The average Bonchev–Trinajstić information content (AvgIpc) is 2.73. The summed E-state index contributed by atoms with van der Waals surface area (Å²) >= 11 is 6.07. The number of rotatable bonds is 4. The summed E-state index contributed by atoms with van der Waals surface area (Å²) in [6, 6.07) is 4.95. The summed E-state index contributed by atoms with van der Waals surface area (Å²) in [5, 5.41) is 17.8. The van der Waals surface area contributed by atoms with E-state index in [9.17, 15) is 14.4 Å². The first-order valence-corrected chi connectivity index (χ1v) is 7.37. The standard InChI is InChI=1S/C14H11NO5S2/c1-7(12(17)18)15-11(16)10(22-14(15)21)6-8-2-4-9(5-3-8)13(19)20/h2-7H,1H3,(H,17,18)(H,19,20)/b10-6-/t7-/m0/s1. The summed E-state index contributed by atoms with van der Waals surface area (Å²) in [5.74, 6) is -2.64. The average molecular weight is 337 g/mol. The highest BCUT2D eigenvalue weighted by molar-refractivity contribution is 8.26. The molecule has 2 N–H and O–H groups in total. The van der Waals surface area contributed by atoms with Crippen molar-refractivity contribution in [3.05, 3.63) is 40.3 Å². The quantitative estimate of drug-likeness (QED) is 0.641. The molecule has 0 aliphatic carbocycles. The van der Waals surface area contributed by atoms with E-state index >= 15 is 0 Å². The van der Waals surface area contributed by atoms with E-state index < -0.39 is 23.9 Å². The summed E-state index contributed by atoms with van der Waals surface area (Å²) in [6.45, 7) is 1.39. The van der Waals surface area contributed by atoms with Crippen LogP contribution in [0.15, 0.2) is 29.2 Å². The highest BCUT2D eigenvalue weighted by Gasteiger charge is 2.38. The minimum atomic E-state index is -1.14. The fourth-order valence-electron chi connectivity index (χ4n) is 1.80. The molecule has 1 aromatic carbocycles. The second-order valence-electron chi connectivity index (χ2n) is 4.49. The molecule has 0 bridgehead atoms. The lowest BCUT2D eigenvalue weighted by Crippen LogP contribution is -2.41. The number of aliphatic carboxylic acids is 1. The van der Waals surface area contributed by atoms with Crippen molar-refractivity contribution in [3.63, 3.8) is 0 Å². The number of hydrogen-bond donors (Lipinski definition) is 2. The summed E-state index contributed by atoms with van der Waals surface area (Å²) in [4.78, 5) is 35.4. The molecular formula is C14H11NO5S2. The van der Waals surface area contributed by atoms with Gasteiger partial charge < -0.3 is 10.2 Å². The number of amides is 1. The van der Waals surface area contributed by atoms with E-state index in [1.54, 1.807) is 18.2 Å². The second kappa shape index (κ2) is 6.29. The van der Waals surface area contributed by atoms with Crippen LogP contribution in [0.25, 0.3) is 6.08 Å². The third kappa shape index (κ3) is 3.18. The van der Waals surface area contributed by atoms with Gasteiger partial charge in [0.05, 0.1) is 10.5 Å². The van der Waals surface area contributed by atoms with Crippen LogP contribution in [0.2, 0.25) is 0 Å². The number of thioether (sulfide) groups is 1. The van der Waals surface area contributed by atoms with E-state index in [4.69, 9.17) is 22.4 Å². The first kappa shape index (κ1) is 16.2. The van der Waals surface area contributed by atoms with E-state index in [-0.39, 0.29) is 9.88 Å². The predicted molar refractivity (Wildman–Crippen MR) is 85.5 cm³/mol. The number of aromatic carboxylic acids is 1. The van der Waals surface area contributed by atoms with Crippen LogP contribution < -0.4 is 0 Å². The Labute approximate surface area is 135 Å². The molecule has 1 aliphatic heterocycles. The van der Waals surface area contributed by atoms with Crippen molar-refractivity contribution >= 4 is 52.2 Å². The molecule has 0 unspecified atom stereocenters. The molecule has 1 fully saturated rings. The Morgan fingerprint density at radius 1 is 1.27 bits per heavy atom. The smallest absolute Gasteiger partial charge is 0.335 e. The third-order valence-corrected chi connectivity index (χ3v) is 4.35. The summed E-state index contributed by atoms with van der Waals surface area (Å²) in [5.41, 5.74) is 0.776. The first-order valence-electron chi connectivity index (χ1n) is 6.14. The highest BCUT2D eigenvalue weighted by atomic mass is 32.2. The van der Waals surface area contributed by atoms with Gasteiger partial charge in [-0.05, 0) is 30.7 Å². The molecule has 114 valence electrons. The van der Waals surface area contributed by atoms with Gasteiger partial charge in [0.15, 0.2) is 0 Å². The van der Waals surface area contributed by atoms with Gasteiger partial charge >= 0.3 is 11.9 Å². The Morgan fingerprint density at radius 3 is 2.36 bits per heavy atom. The minimum Gasteiger partial charge on any atom is -0.480 e. The lowest BCUT2D eigenvalue weighted by molar-refractivity contribution is -0.144. The number of benzene rings is 1. The molecular weight excluding hydrogens is 326 g/mol. The molecule has 22 heavy (non-hydrogen) atoms. The van der Waals surface area contributed by atoms with Gasteiger partial charge in [0, 0.05) is 0 Å². The van der Waals surface area contributed by atoms with E-state index in [2.05, 4.69) is 0 Å². The van der Waals surface area contributed by atoms with Gasteiger partial charge in [0.1, 0.15) is 10.4 Å². The van der Waals surface area contributed by atoms with Gasteiger partial charge in [-0.25, -0.2) is 9.59 Å². The summed E-state index contributed by atoms with van der Waals surface area (Å²) in [6.07, 6.45) is 1.56. The van der Waals surface area contributed by atoms with Crippen LogP contribution in [0, 0.1) is 0 Å². The number of hydrogen-bond acceptors (Lipinski definition) is 5. The fourth-order valence-corrected chi connectivity index (χ4v) is 3.22. The Balaban J connectivity index is 2.26. The number of carboxylic acids is 2. The van der Waals surface area contributed by atoms with Gasteiger partial charge in [-0.3, -0.25) is 9.69 Å². The molecule has 0 radical (unpaired) electrons. The molecule has 1 atom stereocenters. The van der Waals surface area contributed by atoms with Crippen LogP contribution in [-0.2, 0) is 9.59 Å². The molecule has 8 heteroatoms. The monoisotopic (exact) mass is 337 g/mol. The Hall–Kier alpha value is -2.19. The highest BCUT2D eigenvalue weighted by Crippen LogP contribution is 2.33. The zero-order valence-electron chi connectivity index (χ0n) is 11.3. The van der Waals surface area contributed by atoms with Gasteiger partial charge in [0.25, 0.3) is 5.91 Å². The van der Waals surface area contributed by atoms with Gasteiger partial charge in [-0.15, -0.1) is 0 Å². The third-order valence-electron chi connectivity index (χ3n) is 3.02. The van der Waals surface area contributed by atoms with Crippen molar-refractivity contribution in [2.75, 3.05) is 0 Å². The molecule has 2 rings (SSSR count). The lowest BCUT2D eigenvalue weighted by atomic mass is 10.1. The molecule has 1 heterocycles. The Bertz CT molecular complexity index is 696. The van der Waals surface area contributed by atoms with Crippen LogP contribution in [-0.4, -0.2) is 43.3 Å². The molecule has 1 aliphatic rings. The molecule has 6 nitrogen and oxygen atoms in total. The largest absolute Gasteiger partial charge is 0.480 e. The zero-order chi connectivity index (χ0) is 16.4. The van der Waals surface area contributed by atoms with E-state index in [1.807, 2.05) is 0 Å². The lowest BCUT2D eigenvalue weighted by Gasteiger charge is -2.18. The van der Waals surface area contributed by atoms with E-state index in [0.717, 1.165) is 16.7 Å². The maximum absolute atomic E-state index is 12.2. The number of carboxylic acid groups (broad SMARTS) is 2. The Kier molecular flexibility index (Phi) is 4.62. The van der Waals surface area contributed by atoms with Gasteiger partial charge in [-0.2, -0.15) is 0 Å². The summed E-state index contributed by atoms with van der Waals surface area (Å²) in [7, 11) is 0. The number of nitrogens with zero attached hydrogens (tertiary/aromatic N) is 1. The fraction of sp³-hybridized carbons (Fsp3) is 0.143. The number of carbonyl (C=O) groups is 3. The van der Waals surface area contributed by atoms with Gasteiger partial charge in [0.2, 0.25) is 0 Å². The van der Waals surface area contributed by atoms with E-state index in [0.29, 0.717) is 10.5 Å². The van der Waals surface area contributed by atoms with Crippen molar-refractivity contribution in [1.29, 1.82) is 0 Å². The normalized spacial score (nSPS) is 17.9. The second-order valence-corrected chi connectivity index (χ2v) is 6.17. The molecule has 0 spiro atoms. The molecule has 0 aromatic heterocycles. The Morgan fingerprint density at radius 2 is 1.86 bits per heavy atom. The molecule has 1 saturated heterocycles. The SMILES string of the molecule is C[C@@H](C(=O)O)N1C(=O)/C(=C/c2ccc(C(=O)O)cc2)SC1=S. The molecule has 0 saturated carbocycles. The van der Waals surface area contributed by atoms with E-state index in [1.165, 1.54) is 19.1 Å². The van der Waals surface area contributed by atoms with Crippen molar-refractivity contribution in [2.24, 2.45) is 0 Å².